The van der Waals surface area contributed by atoms with Gasteiger partial charge in [-0.1, -0.05) is 0 Å². The third kappa shape index (κ3) is 5.93. The molecule has 0 bridgehead atoms. The smallest absolute Gasteiger partial charge is 0.278 e. The summed E-state index contributed by atoms with van der Waals surface area (Å²) in [4.78, 5) is 12.9. The van der Waals surface area contributed by atoms with Crippen molar-refractivity contribution in [3.63, 3.8) is 0 Å². The van der Waals surface area contributed by atoms with Gasteiger partial charge in [-0.25, -0.2) is 19.7 Å². The molecule has 10 heteroatoms. The molecule has 0 spiro atoms. The van der Waals surface area contributed by atoms with E-state index in [2.05, 4.69) is 30.3 Å². The highest BCUT2D eigenvalue weighted by atomic mass is 32.2. The van der Waals surface area contributed by atoms with E-state index in [1.165, 1.54) is 14.1 Å². The lowest BCUT2D eigenvalue weighted by Crippen LogP contribution is -2.38. The molecule has 0 aliphatic rings. The summed E-state index contributed by atoms with van der Waals surface area (Å²) in [6.45, 7) is 4.41. The molecule has 0 atom stereocenters. The summed E-state index contributed by atoms with van der Waals surface area (Å²) in [5.74, 6) is 2.51. The molecule has 0 unspecified atom stereocenters. The van der Waals surface area contributed by atoms with Gasteiger partial charge in [0.2, 0.25) is 0 Å². The van der Waals surface area contributed by atoms with Crippen molar-refractivity contribution in [1.29, 1.82) is 0 Å². The molecule has 136 valence electrons. The van der Waals surface area contributed by atoms with Crippen molar-refractivity contribution in [3.8, 4) is 0 Å². The third-order valence-corrected chi connectivity index (χ3v) is 4.74. The molecule has 25 heavy (non-hydrogen) atoms. The number of hydrogen-bond donors (Lipinski definition) is 3. The molecular weight excluding hydrogens is 342 g/mol. The van der Waals surface area contributed by atoms with Crippen molar-refractivity contribution < 1.29 is 8.42 Å². The van der Waals surface area contributed by atoms with E-state index in [0.29, 0.717) is 29.8 Å². The summed E-state index contributed by atoms with van der Waals surface area (Å²) in [6, 6.07) is 5.58. The van der Waals surface area contributed by atoms with Crippen LogP contribution < -0.4 is 15.4 Å². The van der Waals surface area contributed by atoms with Crippen LogP contribution in [0.2, 0.25) is 0 Å². The lowest BCUT2D eigenvalue weighted by molar-refractivity contribution is 0.507. The Morgan fingerprint density at radius 2 is 1.76 bits per heavy atom. The van der Waals surface area contributed by atoms with Crippen LogP contribution in [0, 0.1) is 13.8 Å². The minimum Gasteiger partial charge on any atom is -0.369 e. The van der Waals surface area contributed by atoms with Crippen molar-refractivity contribution in [2.45, 2.75) is 13.8 Å². The highest BCUT2D eigenvalue weighted by molar-refractivity contribution is 7.87. The molecule has 3 N–H and O–H groups in total. The number of aryl methyl sites for hydroxylation is 2. The van der Waals surface area contributed by atoms with Gasteiger partial charge in [0.25, 0.3) is 10.2 Å². The molecule has 0 saturated heterocycles. The maximum Gasteiger partial charge on any atom is 0.278 e. The average Bonchev–Trinajstić information content (AvgIpc) is 2.51. The molecule has 0 aromatic carbocycles. The summed E-state index contributed by atoms with van der Waals surface area (Å²) in [6.07, 6.45) is 1.72. The minimum absolute atomic E-state index is 0.242. The molecular formula is C15H23N7O2S. The van der Waals surface area contributed by atoms with Gasteiger partial charge in [-0.2, -0.15) is 12.7 Å². The zero-order valence-electron chi connectivity index (χ0n) is 14.7. The predicted octanol–water partition coefficient (Wildman–Crippen LogP) is 1.04. The molecule has 2 heterocycles. The first-order valence-electron chi connectivity index (χ1n) is 7.72. The van der Waals surface area contributed by atoms with Gasteiger partial charge in [0.05, 0.1) is 0 Å². The van der Waals surface area contributed by atoms with Crippen LogP contribution in [0.5, 0.6) is 0 Å². The number of nitrogens with zero attached hydrogens (tertiary/aromatic N) is 4. The van der Waals surface area contributed by atoms with Crippen molar-refractivity contribution in [1.82, 2.24) is 24.0 Å². The normalized spacial score (nSPS) is 11.6. The second kappa shape index (κ2) is 8.19. The molecule has 0 saturated carbocycles. The van der Waals surface area contributed by atoms with E-state index < -0.39 is 10.2 Å². The Labute approximate surface area is 148 Å². The van der Waals surface area contributed by atoms with Crippen LogP contribution in [-0.2, 0) is 10.2 Å². The number of aromatic nitrogens is 3. The number of pyridine rings is 1. The molecule has 0 aliphatic carbocycles. The molecule has 9 nitrogen and oxygen atoms in total. The largest absolute Gasteiger partial charge is 0.369 e. The Bertz CT molecular complexity index is 824. The van der Waals surface area contributed by atoms with Crippen LogP contribution in [0.4, 0.5) is 17.5 Å². The number of hydrogen-bond acceptors (Lipinski definition) is 7. The number of nitrogens with one attached hydrogen (secondary N) is 3. The monoisotopic (exact) mass is 365 g/mol. The van der Waals surface area contributed by atoms with Gasteiger partial charge < -0.3 is 10.6 Å². The second-order valence-electron chi connectivity index (χ2n) is 5.64. The van der Waals surface area contributed by atoms with Gasteiger partial charge in [-0.05, 0) is 31.5 Å². The Morgan fingerprint density at radius 1 is 1.04 bits per heavy atom. The quantitative estimate of drug-likeness (QED) is 0.599. The Hall–Kier alpha value is -2.30. The standard InChI is InChI=1S/C15H23N7O2S/c1-11-5-6-16-13(9-11)21-15-10-14(19-12(2)20-15)17-7-8-18-25(23,24)22(3)4/h5-6,9-10,18H,7-8H2,1-4H3,(H2,16,17,19,20,21). The van der Waals surface area contributed by atoms with Gasteiger partial charge in [-0.3, -0.25) is 0 Å². The summed E-state index contributed by atoms with van der Waals surface area (Å²) in [7, 11) is -0.478. The van der Waals surface area contributed by atoms with Crippen LogP contribution in [-0.4, -0.2) is 54.9 Å². The highest BCUT2D eigenvalue weighted by Crippen LogP contribution is 2.16. The lowest BCUT2D eigenvalue weighted by atomic mass is 10.3. The Balaban J connectivity index is 1.97. The summed E-state index contributed by atoms with van der Waals surface area (Å²) in [5, 5.41) is 6.21. The van der Waals surface area contributed by atoms with Crippen LogP contribution in [0.3, 0.4) is 0 Å². The van der Waals surface area contributed by atoms with Crippen molar-refractivity contribution in [2.24, 2.45) is 0 Å². The molecule has 0 amide bonds. The van der Waals surface area contributed by atoms with E-state index in [-0.39, 0.29) is 6.54 Å². The topological polar surface area (TPSA) is 112 Å². The molecule has 2 aromatic heterocycles. The predicted molar refractivity (Wildman–Crippen MR) is 98.1 cm³/mol. The van der Waals surface area contributed by atoms with Crippen LogP contribution in [0.25, 0.3) is 0 Å². The third-order valence-electron chi connectivity index (χ3n) is 3.21. The van der Waals surface area contributed by atoms with Gasteiger partial charge in [0.15, 0.2) is 0 Å². The van der Waals surface area contributed by atoms with Crippen LogP contribution in [0.15, 0.2) is 24.4 Å². The average molecular weight is 365 g/mol. The Morgan fingerprint density at radius 3 is 2.44 bits per heavy atom. The first-order chi connectivity index (χ1) is 11.8. The van der Waals surface area contributed by atoms with E-state index in [1.54, 1.807) is 19.2 Å². The zero-order valence-corrected chi connectivity index (χ0v) is 15.6. The van der Waals surface area contributed by atoms with Crippen LogP contribution in [0.1, 0.15) is 11.4 Å². The van der Waals surface area contributed by atoms with E-state index in [1.807, 2.05) is 19.1 Å². The molecule has 0 fully saturated rings. The van der Waals surface area contributed by atoms with Crippen molar-refractivity contribution in [2.75, 3.05) is 37.8 Å². The minimum atomic E-state index is -3.42. The summed E-state index contributed by atoms with van der Waals surface area (Å²) < 4.78 is 26.8. The fourth-order valence-electron chi connectivity index (χ4n) is 1.96. The second-order valence-corrected chi connectivity index (χ2v) is 7.61. The Kier molecular flexibility index (Phi) is 6.23. The lowest BCUT2D eigenvalue weighted by Gasteiger charge is -2.13. The number of anilines is 3. The van der Waals surface area contributed by atoms with E-state index >= 15 is 0 Å². The molecule has 2 aromatic rings. The molecule has 2 rings (SSSR count). The van der Waals surface area contributed by atoms with Gasteiger partial charge in [-0.15, -0.1) is 0 Å². The number of rotatable bonds is 8. The van der Waals surface area contributed by atoms with Gasteiger partial charge in [0, 0.05) is 39.4 Å². The zero-order chi connectivity index (χ0) is 18.4. The van der Waals surface area contributed by atoms with Gasteiger partial charge in [0.1, 0.15) is 23.3 Å². The van der Waals surface area contributed by atoms with Crippen LogP contribution >= 0.6 is 0 Å². The summed E-state index contributed by atoms with van der Waals surface area (Å²) in [5.41, 5.74) is 1.09. The summed E-state index contributed by atoms with van der Waals surface area (Å²) >= 11 is 0. The SMILES string of the molecule is Cc1ccnc(Nc2cc(NCCNS(=O)(=O)N(C)C)nc(C)n2)c1. The van der Waals surface area contributed by atoms with Gasteiger partial charge >= 0.3 is 0 Å². The first-order valence-corrected chi connectivity index (χ1v) is 9.16. The van der Waals surface area contributed by atoms with E-state index in [9.17, 15) is 8.42 Å². The van der Waals surface area contributed by atoms with E-state index in [4.69, 9.17) is 0 Å². The molecule has 0 radical (unpaired) electrons. The first kappa shape index (κ1) is 19.0. The highest BCUT2D eigenvalue weighted by Gasteiger charge is 2.11. The maximum atomic E-state index is 11.6. The molecule has 0 aliphatic heterocycles. The maximum absolute atomic E-state index is 11.6. The van der Waals surface area contributed by atoms with E-state index in [0.717, 1.165) is 9.87 Å². The fraction of sp³-hybridized carbons (Fsp3) is 0.400. The van der Waals surface area contributed by atoms with Crippen molar-refractivity contribution >= 4 is 27.7 Å². The van der Waals surface area contributed by atoms with Crippen molar-refractivity contribution in [3.05, 3.63) is 35.8 Å². The fourth-order valence-corrected chi connectivity index (χ4v) is 2.58.